The van der Waals surface area contributed by atoms with Crippen molar-refractivity contribution in [3.05, 3.63) is 89.2 Å². The van der Waals surface area contributed by atoms with E-state index < -0.39 is 0 Å². The molecular weight excluding hydrogens is 431 g/mol. The van der Waals surface area contributed by atoms with Crippen molar-refractivity contribution in [1.82, 2.24) is 14.8 Å². The highest BCUT2D eigenvalue weighted by Crippen LogP contribution is 2.26. The Bertz CT molecular complexity index is 1260. The number of nitrogens with zero attached hydrogens (tertiary/aromatic N) is 3. The van der Waals surface area contributed by atoms with Crippen molar-refractivity contribution < 1.29 is 13.9 Å². The number of ether oxygens (including phenoxy) is 1. The first-order valence-electron chi connectivity index (χ1n) is 9.96. The fourth-order valence-corrected chi connectivity index (χ4v) is 3.30. The van der Waals surface area contributed by atoms with Gasteiger partial charge in [-0.05, 0) is 62.4 Å². The fourth-order valence-electron chi connectivity index (χ4n) is 3.08. The molecule has 0 unspecified atom stereocenters. The Labute approximate surface area is 189 Å². The second-order valence-corrected chi connectivity index (χ2v) is 7.69. The van der Waals surface area contributed by atoms with E-state index in [-0.39, 0.29) is 23.8 Å². The van der Waals surface area contributed by atoms with Gasteiger partial charge in [0.05, 0.1) is 22.4 Å². The smallest absolute Gasteiger partial charge is 0.336 e. The third kappa shape index (κ3) is 4.78. The summed E-state index contributed by atoms with van der Waals surface area (Å²) in [6.45, 7) is 3.75. The minimum Gasteiger partial charge on any atom is -0.460 e. The molecular formula is C24H20ClFN4O2. The van der Waals surface area contributed by atoms with Crippen LogP contribution >= 0.6 is 11.6 Å². The molecule has 32 heavy (non-hydrogen) atoms. The summed E-state index contributed by atoms with van der Waals surface area (Å²) in [5.74, 6) is -0.244. The summed E-state index contributed by atoms with van der Waals surface area (Å²) in [6.07, 6.45) is -0.117. The summed E-state index contributed by atoms with van der Waals surface area (Å²) in [4.78, 5) is 16.9. The third-order valence-electron chi connectivity index (χ3n) is 4.50. The lowest BCUT2D eigenvalue weighted by molar-refractivity contribution is 0.102. The summed E-state index contributed by atoms with van der Waals surface area (Å²) in [6, 6.07) is 20.2. The van der Waals surface area contributed by atoms with Crippen molar-refractivity contribution in [2.45, 2.75) is 20.0 Å². The van der Waals surface area contributed by atoms with Crippen LogP contribution in [0, 0.1) is 5.82 Å². The lowest BCUT2D eigenvalue weighted by Crippen LogP contribution is -2.12. The molecule has 0 aliphatic heterocycles. The Kier molecular flexibility index (Phi) is 6.18. The van der Waals surface area contributed by atoms with Crippen LogP contribution in [0.2, 0.25) is 5.02 Å². The topological polar surface area (TPSA) is 69.0 Å². The maximum atomic E-state index is 13.8. The average molecular weight is 451 g/mol. The summed E-state index contributed by atoms with van der Waals surface area (Å²) < 4.78 is 21.0. The van der Waals surface area contributed by atoms with Crippen LogP contribution in [-0.4, -0.2) is 26.8 Å². The molecule has 0 saturated heterocycles. The predicted molar refractivity (Wildman–Crippen MR) is 122 cm³/mol. The molecule has 0 spiro atoms. The van der Waals surface area contributed by atoms with Crippen LogP contribution in [0.15, 0.2) is 72.8 Å². The lowest BCUT2D eigenvalue weighted by Gasteiger charge is -2.09. The molecule has 1 N–H and O–H groups in total. The van der Waals surface area contributed by atoms with Crippen LogP contribution in [0.5, 0.6) is 6.01 Å². The quantitative estimate of drug-likeness (QED) is 0.405. The second-order valence-electron chi connectivity index (χ2n) is 7.29. The normalized spacial score (nSPS) is 10.9. The Balaban J connectivity index is 1.64. The van der Waals surface area contributed by atoms with Gasteiger partial charge < -0.3 is 10.1 Å². The summed E-state index contributed by atoms with van der Waals surface area (Å²) in [5, 5.41) is 7.63. The van der Waals surface area contributed by atoms with E-state index in [9.17, 15) is 9.18 Å². The number of halogens is 2. The van der Waals surface area contributed by atoms with Gasteiger partial charge in [-0.3, -0.25) is 4.79 Å². The molecule has 1 heterocycles. The number of anilines is 1. The molecule has 0 aliphatic carbocycles. The molecule has 6 nitrogen and oxygen atoms in total. The van der Waals surface area contributed by atoms with Crippen molar-refractivity contribution in [1.29, 1.82) is 0 Å². The fraction of sp³-hybridized carbons (Fsp3) is 0.125. The van der Waals surface area contributed by atoms with Gasteiger partial charge in [0.15, 0.2) is 5.82 Å². The van der Waals surface area contributed by atoms with Crippen molar-refractivity contribution in [2.24, 2.45) is 0 Å². The van der Waals surface area contributed by atoms with E-state index in [1.165, 1.54) is 12.1 Å². The molecule has 0 bridgehead atoms. The number of carbonyl (C=O) groups is 1. The molecule has 0 saturated carbocycles. The standard InChI is InChI=1S/C24H20ClFN4O2/c1-15(2)32-24-28-22(16-6-5-7-17(26)14-16)30(29-24)19-12-10-18(11-13-19)27-23(31)20-8-3-4-9-21(20)25/h3-15H,1-2H3,(H,27,31). The highest BCUT2D eigenvalue weighted by atomic mass is 35.5. The molecule has 1 amide bonds. The molecule has 8 heteroatoms. The first kappa shape index (κ1) is 21.5. The molecule has 4 rings (SSSR count). The number of aromatic nitrogens is 3. The van der Waals surface area contributed by atoms with Gasteiger partial charge >= 0.3 is 6.01 Å². The maximum absolute atomic E-state index is 13.8. The second kappa shape index (κ2) is 9.20. The Morgan fingerprint density at radius 2 is 1.81 bits per heavy atom. The van der Waals surface area contributed by atoms with Gasteiger partial charge in [-0.1, -0.05) is 35.9 Å². The van der Waals surface area contributed by atoms with Crippen molar-refractivity contribution in [3.63, 3.8) is 0 Å². The Morgan fingerprint density at radius 3 is 2.50 bits per heavy atom. The summed E-state index contributed by atoms with van der Waals surface area (Å²) in [5.41, 5.74) is 2.21. The number of rotatable bonds is 6. The molecule has 0 aliphatic rings. The van der Waals surface area contributed by atoms with E-state index in [0.717, 1.165) is 0 Å². The molecule has 1 aromatic heterocycles. The zero-order valence-electron chi connectivity index (χ0n) is 17.4. The van der Waals surface area contributed by atoms with Gasteiger partial charge in [-0.15, -0.1) is 5.10 Å². The van der Waals surface area contributed by atoms with Gasteiger partial charge in [0.1, 0.15) is 5.82 Å². The largest absolute Gasteiger partial charge is 0.460 e. The predicted octanol–water partition coefficient (Wildman–Crippen LogP) is 5.77. The van der Waals surface area contributed by atoms with Crippen LogP contribution in [0.4, 0.5) is 10.1 Å². The Hall–Kier alpha value is -3.71. The number of hydrogen-bond donors (Lipinski definition) is 1. The van der Waals surface area contributed by atoms with E-state index in [2.05, 4.69) is 15.4 Å². The maximum Gasteiger partial charge on any atom is 0.336 e. The molecule has 0 atom stereocenters. The van der Waals surface area contributed by atoms with Crippen LogP contribution < -0.4 is 10.1 Å². The van der Waals surface area contributed by atoms with E-state index in [1.807, 2.05) is 13.8 Å². The molecule has 0 radical (unpaired) electrons. The monoisotopic (exact) mass is 450 g/mol. The molecule has 3 aromatic carbocycles. The molecule has 4 aromatic rings. The first-order valence-corrected chi connectivity index (χ1v) is 10.3. The minimum atomic E-state index is -0.374. The zero-order valence-corrected chi connectivity index (χ0v) is 18.2. The van der Waals surface area contributed by atoms with E-state index in [1.54, 1.807) is 65.3 Å². The SMILES string of the molecule is CC(C)Oc1nc(-c2cccc(F)c2)n(-c2ccc(NC(=O)c3ccccc3Cl)cc2)n1. The van der Waals surface area contributed by atoms with Crippen LogP contribution in [0.1, 0.15) is 24.2 Å². The summed E-state index contributed by atoms with van der Waals surface area (Å²) in [7, 11) is 0. The van der Waals surface area contributed by atoms with E-state index >= 15 is 0 Å². The van der Waals surface area contributed by atoms with E-state index in [4.69, 9.17) is 16.3 Å². The van der Waals surface area contributed by atoms with Gasteiger partial charge in [0.25, 0.3) is 5.91 Å². The lowest BCUT2D eigenvalue weighted by atomic mass is 10.2. The molecule has 0 fully saturated rings. The molecule has 162 valence electrons. The average Bonchev–Trinajstić information content (AvgIpc) is 3.17. The van der Waals surface area contributed by atoms with Crippen molar-refractivity contribution >= 4 is 23.2 Å². The van der Waals surface area contributed by atoms with Crippen LogP contribution in [0.25, 0.3) is 17.1 Å². The third-order valence-corrected chi connectivity index (χ3v) is 4.83. The highest BCUT2D eigenvalue weighted by molar-refractivity contribution is 6.34. The highest BCUT2D eigenvalue weighted by Gasteiger charge is 2.16. The van der Waals surface area contributed by atoms with E-state index in [0.29, 0.717) is 33.3 Å². The Morgan fingerprint density at radius 1 is 1.06 bits per heavy atom. The number of hydrogen-bond acceptors (Lipinski definition) is 4. The number of benzene rings is 3. The van der Waals surface area contributed by atoms with Crippen molar-refractivity contribution in [2.75, 3.05) is 5.32 Å². The number of nitrogens with one attached hydrogen (secondary N) is 1. The van der Waals surface area contributed by atoms with Gasteiger partial charge in [-0.25, -0.2) is 9.07 Å². The van der Waals surface area contributed by atoms with Crippen molar-refractivity contribution in [3.8, 4) is 23.1 Å². The van der Waals surface area contributed by atoms with Gasteiger partial charge in [-0.2, -0.15) is 4.98 Å². The van der Waals surface area contributed by atoms with Crippen LogP contribution in [-0.2, 0) is 0 Å². The first-order chi connectivity index (χ1) is 15.4. The zero-order chi connectivity index (χ0) is 22.7. The van der Waals surface area contributed by atoms with Gasteiger partial charge in [0.2, 0.25) is 0 Å². The number of carbonyl (C=O) groups excluding carboxylic acids is 1. The summed E-state index contributed by atoms with van der Waals surface area (Å²) >= 11 is 6.10. The van der Waals surface area contributed by atoms with Gasteiger partial charge in [0, 0.05) is 11.3 Å². The minimum absolute atomic E-state index is 0.117. The van der Waals surface area contributed by atoms with Crippen LogP contribution in [0.3, 0.4) is 0 Å². The number of amides is 1.